The number of anilines is 6. The normalized spacial score (nSPS) is 14.4. The summed E-state index contributed by atoms with van der Waals surface area (Å²) in [5.41, 5.74) is 19.9. The molecule has 0 bridgehead atoms. The van der Waals surface area contributed by atoms with Crippen molar-refractivity contribution in [2.45, 2.75) is 105 Å². The summed E-state index contributed by atoms with van der Waals surface area (Å²) < 4.78 is 9.32. The smallest absolute Gasteiger partial charge is 0.333 e. The molecular formula is C58H58BN3O. The Balaban J connectivity index is 1.30. The predicted octanol–water partition coefficient (Wildman–Crippen LogP) is 15.0. The monoisotopic (exact) mass is 823 g/mol. The lowest BCUT2D eigenvalue weighted by molar-refractivity contribution is 0.477. The molecule has 0 atom stereocenters. The Morgan fingerprint density at radius 3 is 1.60 bits per heavy atom. The van der Waals surface area contributed by atoms with Crippen LogP contribution in [0, 0.1) is 0 Å². The lowest BCUT2D eigenvalue weighted by atomic mass is 9.44. The van der Waals surface area contributed by atoms with Crippen molar-refractivity contribution in [2.75, 3.05) is 9.80 Å². The highest BCUT2D eigenvalue weighted by atomic mass is 16.5. The van der Waals surface area contributed by atoms with Gasteiger partial charge in [0.2, 0.25) is 0 Å². The number of benzene rings is 7. The summed E-state index contributed by atoms with van der Waals surface area (Å²) in [7, 11) is 0. The van der Waals surface area contributed by atoms with E-state index in [9.17, 15) is 0 Å². The lowest BCUT2D eigenvalue weighted by Gasteiger charge is -2.42. The molecule has 7 aromatic carbocycles. The van der Waals surface area contributed by atoms with Crippen LogP contribution in [-0.4, -0.2) is 11.3 Å². The molecule has 1 aromatic heterocycles. The molecule has 4 heterocycles. The Morgan fingerprint density at radius 2 is 0.984 bits per heavy atom. The molecule has 8 aromatic rings. The minimum atomic E-state index is -0.0921. The van der Waals surface area contributed by atoms with E-state index in [1.807, 2.05) is 0 Å². The van der Waals surface area contributed by atoms with E-state index in [4.69, 9.17) is 4.74 Å². The van der Waals surface area contributed by atoms with Crippen LogP contribution in [0.4, 0.5) is 34.1 Å². The van der Waals surface area contributed by atoms with Gasteiger partial charge in [0.05, 0.1) is 17.1 Å². The van der Waals surface area contributed by atoms with Crippen molar-refractivity contribution in [2.24, 2.45) is 0 Å². The van der Waals surface area contributed by atoms with Crippen LogP contribution in [-0.2, 0) is 21.7 Å². The van der Waals surface area contributed by atoms with E-state index in [1.165, 1.54) is 83.2 Å². The zero-order valence-corrected chi connectivity index (χ0v) is 39.0. The van der Waals surface area contributed by atoms with Crippen molar-refractivity contribution in [1.82, 2.24) is 4.48 Å². The number of aromatic nitrogens is 1. The SMILES string of the molecule is CC(C)(C)c1ccc(N2c3ccc(C(C)(C)C)cc3B3c4c(cc(C(C)(C)C)cc42)-c2ccc(N4c5ccccc5Oc5ccccc54)c4c5cc(C(C)(C)C)ccc5n3c24)cc1. The third kappa shape index (κ3) is 5.95. The summed E-state index contributed by atoms with van der Waals surface area (Å²) in [6.45, 7) is 27.9. The van der Waals surface area contributed by atoms with Crippen molar-refractivity contribution in [3.05, 3.63) is 156 Å². The summed E-state index contributed by atoms with van der Waals surface area (Å²) in [4.78, 5) is 5.02. The van der Waals surface area contributed by atoms with Crippen LogP contribution in [0.3, 0.4) is 0 Å². The number of hydrogen-bond donors (Lipinski definition) is 0. The van der Waals surface area contributed by atoms with Gasteiger partial charge in [-0.15, -0.1) is 0 Å². The van der Waals surface area contributed by atoms with Crippen molar-refractivity contribution in [1.29, 1.82) is 0 Å². The molecule has 0 N–H and O–H groups in total. The molecule has 0 unspecified atom stereocenters. The molecule has 0 spiro atoms. The first kappa shape index (κ1) is 39.6. The lowest BCUT2D eigenvalue weighted by Crippen LogP contribution is -2.57. The van der Waals surface area contributed by atoms with Crippen LogP contribution in [0.2, 0.25) is 0 Å². The van der Waals surface area contributed by atoms with E-state index in [2.05, 4.69) is 231 Å². The molecule has 0 amide bonds. The van der Waals surface area contributed by atoms with Gasteiger partial charge < -0.3 is 19.0 Å². The molecule has 0 aliphatic carbocycles. The van der Waals surface area contributed by atoms with E-state index in [-0.39, 0.29) is 28.5 Å². The molecule has 63 heavy (non-hydrogen) atoms. The third-order valence-corrected chi connectivity index (χ3v) is 14.0. The van der Waals surface area contributed by atoms with Gasteiger partial charge in [-0.25, -0.2) is 0 Å². The maximum absolute atomic E-state index is 6.60. The molecule has 4 nitrogen and oxygen atoms in total. The number of fused-ring (bicyclic) bond motifs is 9. The largest absolute Gasteiger partial charge is 0.453 e. The second-order valence-corrected chi connectivity index (χ2v) is 22.3. The van der Waals surface area contributed by atoms with Gasteiger partial charge in [0.25, 0.3) is 0 Å². The van der Waals surface area contributed by atoms with Gasteiger partial charge in [0, 0.05) is 44.4 Å². The van der Waals surface area contributed by atoms with Crippen molar-refractivity contribution < 1.29 is 4.74 Å². The predicted molar refractivity (Wildman–Crippen MR) is 270 cm³/mol. The molecular weight excluding hydrogens is 765 g/mol. The zero-order chi connectivity index (χ0) is 44.1. The van der Waals surface area contributed by atoms with Gasteiger partial charge in [0.1, 0.15) is 0 Å². The molecule has 11 rings (SSSR count). The number of ether oxygens (including phenoxy) is 1. The summed E-state index contributed by atoms with van der Waals surface area (Å²) in [5, 5.41) is 2.54. The average Bonchev–Trinajstić information content (AvgIpc) is 3.57. The van der Waals surface area contributed by atoms with Gasteiger partial charge in [-0.05, 0) is 127 Å². The molecule has 3 aliphatic heterocycles. The number of para-hydroxylation sites is 4. The summed E-state index contributed by atoms with van der Waals surface area (Å²) >= 11 is 0. The second-order valence-electron chi connectivity index (χ2n) is 22.3. The Hall–Kier alpha value is -6.20. The van der Waals surface area contributed by atoms with Gasteiger partial charge in [-0.1, -0.05) is 150 Å². The fourth-order valence-electron chi connectivity index (χ4n) is 10.4. The van der Waals surface area contributed by atoms with Crippen molar-refractivity contribution in [3.8, 4) is 22.6 Å². The van der Waals surface area contributed by atoms with E-state index in [0.29, 0.717) is 0 Å². The Labute approximate surface area is 374 Å². The Morgan fingerprint density at radius 1 is 0.429 bits per heavy atom. The summed E-state index contributed by atoms with van der Waals surface area (Å²) in [6, 6.07) is 50.8. The average molecular weight is 824 g/mol. The summed E-state index contributed by atoms with van der Waals surface area (Å²) in [6.07, 6.45) is 0. The molecule has 3 aliphatic rings. The van der Waals surface area contributed by atoms with Gasteiger partial charge in [0.15, 0.2) is 11.5 Å². The molecule has 5 heteroatoms. The minimum Gasteiger partial charge on any atom is -0.453 e. The first-order valence-electron chi connectivity index (χ1n) is 22.8. The first-order valence-corrected chi connectivity index (χ1v) is 22.8. The fourth-order valence-corrected chi connectivity index (χ4v) is 10.4. The summed E-state index contributed by atoms with van der Waals surface area (Å²) in [5.74, 6) is 1.71. The highest BCUT2D eigenvalue weighted by molar-refractivity contribution is 6.90. The number of rotatable bonds is 2. The quantitative estimate of drug-likeness (QED) is 0.162. The van der Waals surface area contributed by atoms with Crippen molar-refractivity contribution in [3.63, 3.8) is 0 Å². The van der Waals surface area contributed by atoms with E-state index >= 15 is 0 Å². The van der Waals surface area contributed by atoms with Crippen LogP contribution in [0.5, 0.6) is 11.5 Å². The Bertz CT molecular complexity index is 3150. The van der Waals surface area contributed by atoms with Crippen LogP contribution < -0.4 is 25.5 Å². The second kappa shape index (κ2) is 13.2. The third-order valence-electron chi connectivity index (χ3n) is 14.0. The van der Waals surface area contributed by atoms with Crippen LogP contribution >= 0.6 is 0 Å². The number of nitrogens with zero attached hydrogens (tertiary/aromatic N) is 3. The van der Waals surface area contributed by atoms with E-state index < -0.39 is 0 Å². The van der Waals surface area contributed by atoms with Gasteiger partial charge in [-0.2, -0.15) is 0 Å². The molecule has 314 valence electrons. The first-order chi connectivity index (χ1) is 29.8. The van der Waals surface area contributed by atoms with E-state index in [0.717, 1.165) is 28.6 Å². The maximum Gasteiger partial charge on any atom is 0.333 e. The van der Waals surface area contributed by atoms with E-state index in [1.54, 1.807) is 0 Å². The van der Waals surface area contributed by atoms with Gasteiger partial charge in [-0.3, -0.25) is 0 Å². The highest BCUT2D eigenvalue weighted by Crippen LogP contribution is 2.55. The molecule has 0 saturated carbocycles. The van der Waals surface area contributed by atoms with Crippen LogP contribution in [0.1, 0.15) is 105 Å². The molecule has 0 fully saturated rings. The topological polar surface area (TPSA) is 20.6 Å². The molecule has 0 radical (unpaired) electrons. The van der Waals surface area contributed by atoms with Gasteiger partial charge >= 0.3 is 6.85 Å². The highest BCUT2D eigenvalue weighted by Gasteiger charge is 2.45. The standard InChI is InChI=1S/C58H58BN3O/c1-55(2,3)35-21-25-39(26-22-35)60-45-29-24-37(57(7,8)9)33-43(45)59-53-41(32-38(34-49(53)60)58(10,11)12)40-27-30-48(52-42-31-36(56(4,5)6)23-28-44(42)62(59)54(40)52)61-46-17-13-15-19-50(46)63-51-20-16-14-18-47(51)61/h13-34H,1-12H3. The fraction of sp³-hybridized carbons (Fsp3) is 0.276. The molecule has 0 saturated heterocycles. The van der Waals surface area contributed by atoms with Crippen LogP contribution in [0.15, 0.2) is 133 Å². The van der Waals surface area contributed by atoms with Crippen LogP contribution in [0.25, 0.3) is 32.9 Å². The number of hydrogen-bond acceptors (Lipinski definition) is 3. The zero-order valence-electron chi connectivity index (χ0n) is 39.0. The Kier molecular flexibility index (Phi) is 8.29. The maximum atomic E-state index is 6.60. The van der Waals surface area contributed by atoms with Crippen molar-refractivity contribution >= 4 is 73.7 Å². The minimum absolute atomic E-state index is 0.0417.